The summed E-state index contributed by atoms with van der Waals surface area (Å²) >= 11 is 0. The highest BCUT2D eigenvalue weighted by molar-refractivity contribution is 5.81. The van der Waals surface area contributed by atoms with Gasteiger partial charge < -0.3 is 14.4 Å². The molecule has 126 valence electrons. The molecular weight excluding hydrogens is 292 g/mol. The van der Waals surface area contributed by atoms with Crippen LogP contribution in [-0.4, -0.2) is 47.2 Å². The number of hydrogen-bond donors (Lipinski definition) is 0. The second kappa shape index (κ2) is 6.11. The Morgan fingerprint density at radius 3 is 2.96 bits per heavy atom. The number of aromatic nitrogens is 1. The van der Waals surface area contributed by atoms with Gasteiger partial charge in [0.05, 0.1) is 12.2 Å². The topological polar surface area (TPSA) is 51.7 Å². The van der Waals surface area contributed by atoms with Gasteiger partial charge in [0, 0.05) is 37.2 Å². The fourth-order valence-electron chi connectivity index (χ4n) is 3.50. The Hall–Kier alpha value is -1.62. The SMILES string of the molecule is CC(C)(C)C(=O)N1CCC[C@@]2(C[C@@H](Oc3ccccn3)CO2)C1. The Labute approximate surface area is 138 Å². The molecule has 2 aliphatic rings. The summed E-state index contributed by atoms with van der Waals surface area (Å²) in [7, 11) is 0. The molecule has 2 saturated heterocycles. The van der Waals surface area contributed by atoms with Crippen molar-refractivity contribution in [2.24, 2.45) is 5.41 Å². The zero-order valence-electron chi connectivity index (χ0n) is 14.2. The molecule has 3 heterocycles. The lowest BCUT2D eigenvalue weighted by Gasteiger charge is -2.41. The van der Waals surface area contributed by atoms with Crippen LogP contribution in [0.1, 0.15) is 40.0 Å². The quantitative estimate of drug-likeness (QED) is 0.841. The van der Waals surface area contributed by atoms with Gasteiger partial charge in [-0.3, -0.25) is 4.79 Å². The third-order valence-corrected chi connectivity index (χ3v) is 4.57. The van der Waals surface area contributed by atoms with Crippen molar-refractivity contribution >= 4 is 5.91 Å². The maximum absolute atomic E-state index is 12.6. The molecule has 3 rings (SSSR count). The molecule has 5 heteroatoms. The van der Waals surface area contributed by atoms with Gasteiger partial charge >= 0.3 is 0 Å². The lowest BCUT2D eigenvalue weighted by atomic mass is 9.87. The van der Waals surface area contributed by atoms with Crippen molar-refractivity contribution in [2.75, 3.05) is 19.7 Å². The normalized spacial score (nSPS) is 28.1. The van der Waals surface area contributed by atoms with Crippen LogP contribution in [0.4, 0.5) is 0 Å². The smallest absolute Gasteiger partial charge is 0.228 e. The van der Waals surface area contributed by atoms with E-state index in [1.165, 1.54) is 0 Å². The van der Waals surface area contributed by atoms with Crippen LogP contribution in [0.5, 0.6) is 5.88 Å². The van der Waals surface area contributed by atoms with E-state index in [9.17, 15) is 4.79 Å². The van der Waals surface area contributed by atoms with Crippen molar-refractivity contribution in [1.82, 2.24) is 9.88 Å². The highest BCUT2D eigenvalue weighted by atomic mass is 16.6. The summed E-state index contributed by atoms with van der Waals surface area (Å²) in [5.74, 6) is 0.839. The first-order valence-electron chi connectivity index (χ1n) is 8.39. The molecule has 0 unspecified atom stereocenters. The minimum atomic E-state index is -0.346. The van der Waals surface area contributed by atoms with Gasteiger partial charge in [-0.2, -0.15) is 0 Å². The molecule has 0 N–H and O–H groups in total. The number of piperidine rings is 1. The minimum absolute atomic E-state index is 0.00888. The molecule has 0 bridgehead atoms. The number of ether oxygens (including phenoxy) is 2. The second-order valence-electron chi connectivity index (χ2n) is 7.69. The third kappa shape index (κ3) is 3.66. The van der Waals surface area contributed by atoms with Crippen molar-refractivity contribution < 1.29 is 14.3 Å². The van der Waals surface area contributed by atoms with Gasteiger partial charge in [-0.1, -0.05) is 26.8 Å². The lowest BCUT2D eigenvalue weighted by molar-refractivity contribution is -0.147. The Kier molecular flexibility index (Phi) is 4.32. The van der Waals surface area contributed by atoms with E-state index in [2.05, 4.69) is 4.98 Å². The molecule has 1 aromatic rings. The monoisotopic (exact) mass is 318 g/mol. The van der Waals surface area contributed by atoms with Crippen molar-refractivity contribution in [3.63, 3.8) is 0 Å². The Morgan fingerprint density at radius 1 is 1.43 bits per heavy atom. The third-order valence-electron chi connectivity index (χ3n) is 4.57. The van der Waals surface area contributed by atoms with Crippen LogP contribution in [-0.2, 0) is 9.53 Å². The van der Waals surface area contributed by atoms with Crippen LogP contribution in [0.2, 0.25) is 0 Å². The second-order valence-corrected chi connectivity index (χ2v) is 7.69. The first-order chi connectivity index (χ1) is 10.9. The first kappa shape index (κ1) is 16.2. The van der Waals surface area contributed by atoms with Crippen LogP contribution in [0, 0.1) is 5.41 Å². The van der Waals surface area contributed by atoms with Crippen LogP contribution in [0.25, 0.3) is 0 Å². The largest absolute Gasteiger partial charge is 0.472 e. The summed E-state index contributed by atoms with van der Waals surface area (Å²) < 4.78 is 12.0. The number of rotatable bonds is 2. The van der Waals surface area contributed by atoms with E-state index in [1.54, 1.807) is 6.20 Å². The number of carbonyl (C=O) groups is 1. The van der Waals surface area contributed by atoms with E-state index >= 15 is 0 Å². The Morgan fingerprint density at radius 2 is 2.26 bits per heavy atom. The summed E-state index contributed by atoms with van der Waals surface area (Å²) in [4.78, 5) is 18.7. The summed E-state index contributed by atoms with van der Waals surface area (Å²) in [6, 6.07) is 5.65. The fourth-order valence-corrected chi connectivity index (χ4v) is 3.50. The number of hydrogen-bond acceptors (Lipinski definition) is 4. The highest BCUT2D eigenvalue weighted by Crippen LogP contribution is 2.37. The van der Waals surface area contributed by atoms with Gasteiger partial charge in [-0.15, -0.1) is 0 Å². The lowest BCUT2D eigenvalue weighted by Crippen LogP contribution is -2.52. The van der Waals surface area contributed by atoms with Crippen LogP contribution in [0.3, 0.4) is 0 Å². The molecule has 0 radical (unpaired) electrons. The maximum Gasteiger partial charge on any atom is 0.228 e. The van der Waals surface area contributed by atoms with Crippen molar-refractivity contribution in [1.29, 1.82) is 0 Å². The number of amides is 1. The predicted molar refractivity (Wildman–Crippen MR) is 87.2 cm³/mol. The number of nitrogens with zero attached hydrogens (tertiary/aromatic N) is 2. The highest BCUT2D eigenvalue weighted by Gasteiger charge is 2.46. The number of carbonyl (C=O) groups excluding carboxylic acids is 1. The molecule has 1 aromatic heterocycles. The van der Waals surface area contributed by atoms with Gasteiger partial charge in [-0.25, -0.2) is 4.98 Å². The van der Waals surface area contributed by atoms with Gasteiger partial charge in [0.2, 0.25) is 11.8 Å². The van der Waals surface area contributed by atoms with E-state index in [0.29, 0.717) is 19.0 Å². The molecule has 2 aliphatic heterocycles. The summed E-state index contributed by atoms with van der Waals surface area (Å²) in [6.07, 6.45) is 4.53. The average molecular weight is 318 g/mol. The van der Waals surface area contributed by atoms with Crippen molar-refractivity contribution in [3.05, 3.63) is 24.4 Å². The molecule has 1 spiro atoms. The van der Waals surface area contributed by atoms with Crippen LogP contribution < -0.4 is 4.74 Å². The van der Waals surface area contributed by atoms with E-state index in [4.69, 9.17) is 9.47 Å². The number of likely N-dealkylation sites (tertiary alicyclic amines) is 1. The summed E-state index contributed by atoms with van der Waals surface area (Å²) in [5.41, 5.74) is -0.598. The average Bonchev–Trinajstić information content (AvgIpc) is 2.88. The summed E-state index contributed by atoms with van der Waals surface area (Å²) in [5, 5.41) is 0. The first-order valence-corrected chi connectivity index (χ1v) is 8.39. The Bertz CT molecular complexity index is 555. The van der Waals surface area contributed by atoms with Crippen molar-refractivity contribution in [3.8, 4) is 5.88 Å². The van der Waals surface area contributed by atoms with Gasteiger partial charge in [0.1, 0.15) is 6.10 Å². The van der Waals surface area contributed by atoms with Gasteiger partial charge in [-0.05, 0) is 18.9 Å². The Balaban J connectivity index is 1.63. The molecule has 2 fully saturated rings. The molecule has 2 atom stereocenters. The zero-order chi connectivity index (χ0) is 16.5. The van der Waals surface area contributed by atoms with Gasteiger partial charge in [0.15, 0.2) is 0 Å². The molecule has 0 aliphatic carbocycles. The molecular formula is C18H26N2O3. The maximum atomic E-state index is 12.6. The van der Waals surface area contributed by atoms with Crippen LogP contribution >= 0.6 is 0 Å². The van der Waals surface area contributed by atoms with Crippen molar-refractivity contribution in [2.45, 2.75) is 51.7 Å². The fraction of sp³-hybridized carbons (Fsp3) is 0.667. The van der Waals surface area contributed by atoms with E-state index in [0.717, 1.165) is 25.8 Å². The van der Waals surface area contributed by atoms with Gasteiger partial charge in [0.25, 0.3) is 0 Å². The number of pyridine rings is 1. The summed E-state index contributed by atoms with van der Waals surface area (Å²) in [6.45, 7) is 7.98. The van der Waals surface area contributed by atoms with Crippen LogP contribution in [0.15, 0.2) is 24.4 Å². The molecule has 1 amide bonds. The molecule has 5 nitrogen and oxygen atoms in total. The minimum Gasteiger partial charge on any atom is -0.472 e. The van der Waals surface area contributed by atoms with E-state index < -0.39 is 0 Å². The standard InChI is InChI=1S/C18H26N2O3/c1-17(2,3)16(21)20-10-6-8-18(13-20)11-14(12-22-18)23-15-7-4-5-9-19-15/h4-5,7,9,14H,6,8,10-13H2,1-3H3/t14-,18-/m1/s1. The van der Waals surface area contributed by atoms with E-state index in [1.807, 2.05) is 43.9 Å². The zero-order valence-corrected chi connectivity index (χ0v) is 14.2. The predicted octanol–water partition coefficient (Wildman–Crippen LogP) is 2.66. The molecule has 0 saturated carbocycles. The molecule has 0 aromatic carbocycles. The molecule has 23 heavy (non-hydrogen) atoms. The van der Waals surface area contributed by atoms with E-state index in [-0.39, 0.29) is 23.0 Å².